The molecular formula is C18H15Cl2N3O. The van der Waals surface area contributed by atoms with Gasteiger partial charge in [-0.2, -0.15) is 5.26 Å². The Bertz CT molecular complexity index is 854. The third-order valence-electron chi connectivity index (χ3n) is 3.38. The van der Waals surface area contributed by atoms with Gasteiger partial charge >= 0.3 is 0 Å². The lowest BCUT2D eigenvalue weighted by molar-refractivity contribution is -0.112. The third kappa shape index (κ3) is 4.51. The molecule has 4 nitrogen and oxygen atoms in total. The Balaban J connectivity index is 2.18. The average molecular weight is 360 g/mol. The summed E-state index contributed by atoms with van der Waals surface area (Å²) in [4.78, 5) is 12.3. The second-order valence-electron chi connectivity index (χ2n) is 5.19. The first kappa shape index (κ1) is 17.9. The van der Waals surface area contributed by atoms with Crippen molar-refractivity contribution in [1.29, 1.82) is 5.26 Å². The first-order valence-electron chi connectivity index (χ1n) is 7.11. The average Bonchev–Trinajstić information content (AvgIpc) is 2.54. The van der Waals surface area contributed by atoms with E-state index < -0.39 is 5.91 Å². The van der Waals surface area contributed by atoms with Gasteiger partial charge in [0.2, 0.25) is 0 Å². The lowest BCUT2D eigenvalue weighted by Crippen LogP contribution is -2.15. The van der Waals surface area contributed by atoms with Crippen molar-refractivity contribution in [2.75, 3.05) is 10.6 Å². The Kier molecular flexibility index (Phi) is 5.86. The molecule has 2 aromatic carbocycles. The maximum absolute atomic E-state index is 12.3. The van der Waals surface area contributed by atoms with Crippen molar-refractivity contribution in [3.05, 3.63) is 69.3 Å². The number of nitriles is 1. The van der Waals surface area contributed by atoms with Crippen molar-refractivity contribution < 1.29 is 4.79 Å². The highest BCUT2D eigenvalue weighted by atomic mass is 35.5. The van der Waals surface area contributed by atoms with E-state index in [2.05, 4.69) is 10.6 Å². The Morgan fingerprint density at radius 3 is 2.17 bits per heavy atom. The summed E-state index contributed by atoms with van der Waals surface area (Å²) in [5.41, 5.74) is 3.02. The second-order valence-corrected chi connectivity index (χ2v) is 6.06. The third-order valence-corrected chi connectivity index (χ3v) is 3.85. The molecule has 0 aliphatic carbocycles. The summed E-state index contributed by atoms with van der Waals surface area (Å²) in [6, 6.07) is 12.4. The van der Waals surface area contributed by atoms with E-state index in [9.17, 15) is 10.1 Å². The van der Waals surface area contributed by atoms with E-state index in [-0.39, 0.29) is 5.57 Å². The molecule has 0 radical (unpaired) electrons. The number of halogens is 2. The predicted octanol–water partition coefficient (Wildman–Crippen LogP) is 5.07. The molecule has 0 bridgehead atoms. The molecule has 0 spiro atoms. The zero-order chi connectivity index (χ0) is 17.7. The topological polar surface area (TPSA) is 64.9 Å². The van der Waals surface area contributed by atoms with Gasteiger partial charge in [-0.15, -0.1) is 0 Å². The molecule has 122 valence electrons. The molecule has 2 N–H and O–H groups in total. The summed E-state index contributed by atoms with van der Waals surface area (Å²) in [5, 5.41) is 15.9. The van der Waals surface area contributed by atoms with Gasteiger partial charge in [-0.25, -0.2) is 0 Å². The molecule has 1 amide bonds. The smallest absolute Gasteiger partial charge is 0.267 e. The van der Waals surface area contributed by atoms with Gasteiger partial charge in [0, 0.05) is 27.6 Å². The van der Waals surface area contributed by atoms with E-state index in [4.69, 9.17) is 23.2 Å². The van der Waals surface area contributed by atoms with Crippen LogP contribution in [-0.2, 0) is 4.79 Å². The number of carbonyl (C=O) groups excluding carboxylic acids is 1. The van der Waals surface area contributed by atoms with Crippen LogP contribution in [0, 0.1) is 25.2 Å². The summed E-state index contributed by atoms with van der Waals surface area (Å²) >= 11 is 11.9. The molecule has 0 fully saturated rings. The van der Waals surface area contributed by atoms with Gasteiger partial charge in [-0.1, -0.05) is 35.3 Å². The van der Waals surface area contributed by atoms with Gasteiger partial charge < -0.3 is 10.6 Å². The first-order chi connectivity index (χ1) is 11.4. The van der Waals surface area contributed by atoms with E-state index >= 15 is 0 Å². The standard InChI is InChI=1S/C18H15Cl2N3O/c1-11-3-5-14(19)7-16(11)22-10-13(9-21)18(24)23-17-8-15(20)6-4-12(17)2/h3-8,10,22H,1-2H3,(H,23,24)/b13-10-. The monoisotopic (exact) mass is 359 g/mol. The highest BCUT2D eigenvalue weighted by Crippen LogP contribution is 2.22. The largest absolute Gasteiger partial charge is 0.360 e. The number of aryl methyl sites for hydroxylation is 2. The maximum atomic E-state index is 12.3. The normalized spacial score (nSPS) is 10.9. The Hall–Kier alpha value is -2.48. The summed E-state index contributed by atoms with van der Waals surface area (Å²) in [6.07, 6.45) is 1.36. The van der Waals surface area contributed by atoms with Crippen LogP contribution in [0.1, 0.15) is 11.1 Å². The van der Waals surface area contributed by atoms with Gasteiger partial charge in [-0.05, 0) is 49.2 Å². The fourth-order valence-corrected chi connectivity index (χ4v) is 2.31. The molecule has 0 aromatic heterocycles. The van der Waals surface area contributed by atoms with Crippen LogP contribution in [0.25, 0.3) is 0 Å². The molecule has 0 heterocycles. The number of hydrogen-bond donors (Lipinski definition) is 2. The van der Waals surface area contributed by atoms with E-state index in [1.54, 1.807) is 30.3 Å². The number of benzene rings is 2. The summed E-state index contributed by atoms with van der Waals surface area (Å²) in [5.74, 6) is -0.518. The molecule has 24 heavy (non-hydrogen) atoms. The van der Waals surface area contributed by atoms with Crippen molar-refractivity contribution in [2.45, 2.75) is 13.8 Å². The molecule has 0 aliphatic rings. The van der Waals surface area contributed by atoms with Crippen molar-refractivity contribution in [3.8, 4) is 6.07 Å². The molecule has 0 aliphatic heterocycles. The highest BCUT2D eigenvalue weighted by molar-refractivity contribution is 6.31. The number of rotatable bonds is 4. The lowest BCUT2D eigenvalue weighted by atomic mass is 10.2. The minimum Gasteiger partial charge on any atom is -0.360 e. The number of carbonyl (C=O) groups is 1. The number of anilines is 2. The quantitative estimate of drug-likeness (QED) is 0.591. The molecule has 0 unspecified atom stereocenters. The van der Waals surface area contributed by atoms with Gasteiger partial charge in [0.05, 0.1) is 0 Å². The van der Waals surface area contributed by atoms with Crippen LogP contribution in [0.3, 0.4) is 0 Å². The molecule has 0 atom stereocenters. The maximum Gasteiger partial charge on any atom is 0.267 e. The van der Waals surface area contributed by atoms with Gasteiger partial charge in [0.15, 0.2) is 0 Å². The van der Waals surface area contributed by atoms with Crippen molar-refractivity contribution in [3.63, 3.8) is 0 Å². The van der Waals surface area contributed by atoms with Crippen molar-refractivity contribution >= 4 is 40.5 Å². The number of amides is 1. The zero-order valence-electron chi connectivity index (χ0n) is 13.2. The van der Waals surface area contributed by atoms with E-state index in [0.29, 0.717) is 15.7 Å². The number of nitrogens with zero attached hydrogens (tertiary/aromatic N) is 1. The van der Waals surface area contributed by atoms with Gasteiger partial charge in [-0.3, -0.25) is 4.79 Å². The summed E-state index contributed by atoms with van der Waals surface area (Å²) in [6.45, 7) is 3.74. The zero-order valence-corrected chi connectivity index (χ0v) is 14.7. The summed E-state index contributed by atoms with van der Waals surface area (Å²) < 4.78 is 0. The number of nitrogens with one attached hydrogen (secondary N) is 2. The Morgan fingerprint density at radius 1 is 1.04 bits per heavy atom. The minimum atomic E-state index is -0.518. The Morgan fingerprint density at radius 2 is 1.58 bits per heavy atom. The SMILES string of the molecule is Cc1ccc(Cl)cc1N/C=C(/C#N)C(=O)Nc1cc(Cl)ccc1C. The first-order valence-corrected chi connectivity index (χ1v) is 7.87. The molecule has 6 heteroatoms. The highest BCUT2D eigenvalue weighted by Gasteiger charge is 2.11. The molecule has 2 aromatic rings. The lowest BCUT2D eigenvalue weighted by Gasteiger charge is -2.09. The van der Waals surface area contributed by atoms with Crippen molar-refractivity contribution in [1.82, 2.24) is 0 Å². The predicted molar refractivity (Wildman–Crippen MR) is 98.3 cm³/mol. The minimum absolute atomic E-state index is 0.0613. The van der Waals surface area contributed by atoms with E-state index in [0.717, 1.165) is 16.8 Å². The van der Waals surface area contributed by atoms with Crippen LogP contribution < -0.4 is 10.6 Å². The molecule has 0 saturated carbocycles. The van der Waals surface area contributed by atoms with Crippen LogP contribution in [0.2, 0.25) is 10.0 Å². The van der Waals surface area contributed by atoms with Crippen LogP contribution in [0.15, 0.2) is 48.2 Å². The van der Waals surface area contributed by atoms with E-state index in [1.165, 1.54) is 6.20 Å². The fraction of sp³-hybridized carbons (Fsp3) is 0.111. The second kappa shape index (κ2) is 7.87. The molecule has 0 saturated heterocycles. The van der Waals surface area contributed by atoms with Crippen LogP contribution in [-0.4, -0.2) is 5.91 Å². The molecular weight excluding hydrogens is 345 g/mol. The van der Waals surface area contributed by atoms with Crippen molar-refractivity contribution in [2.24, 2.45) is 0 Å². The summed E-state index contributed by atoms with van der Waals surface area (Å²) in [7, 11) is 0. The number of hydrogen-bond acceptors (Lipinski definition) is 3. The molecule has 2 rings (SSSR count). The van der Waals surface area contributed by atoms with E-state index in [1.807, 2.05) is 26.0 Å². The van der Waals surface area contributed by atoms with Gasteiger partial charge in [0.25, 0.3) is 5.91 Å². The Labute approximate surface area is 150 Å². The van der Waals surface area contributed by atoms with Crippen LogP contribution in [0.4, 0.5) is 11.4 Å². The fourth-order valence-electron chi connectivity index (χ4n) is 1.97. The van der Waals surface area contributed by atoms with Gasteiger partial charge in [0.1, 0.15) is 11.6 Å². The van der Waals surface area contributed by atoms with Crippen LogP contribution in [0.5, 0.6) is 0 Å². The van der Waals surface area contributed by atoms with Crippen LogP contribution >= 0.6 is 23.2 Å².